The van der Waals surface area contributed by atoms with E-state index in [1.54, 1.807) is 48.5 Å². The lowest BCUT2D eigenvalue weighted by atomic mass is 9.98. The summed E-state index contributed by atoms with van der Waals surface area (Å²) in [6.45, 7) is 11.6. The Balaban J connectivity index is 3.22. The number of ether oxygens (including phenoxy) is 4. The topological polar surface area (TPSA) is 123 Å². The van der Waals surface area contributed by atoms with E-state index in [0.29, 0.717) is 0 Å². The second kappa shape index (κ2) is 10.0. The van der Waals surface area contributed by atoms with Gasteiger partial charge in [0.25, 0.3) is 0 Å². The van der Waals surface area contributed by atoms with Gasteiger partial charge in [-0.05, 0) is 6.92 Å². The average Bonchev–Trinajstić information content (AvgIpc) is 2.58. The molecule has 0 bridgehead atoms. The van der Waals surface area contributed by atoms with Crippen molar-refractivity contribution in [1.82, 2.24) is 0 Å². The van der Waals surface area contributed by atoms with Gasteiger partial charge in [-0.3, -0.25) is 19.2 Å². The summed E-state index contributed by atoms with van der Waals surface area (Å²) in [6.07, 6.45) is -5.18. The SMILES string of the molecule is CC(C)C(=O)O[C@H]1[C@H](OC(=O)C(C)C)[C@H](ON)O[C@@H](C)[C@H]1OC(=O)C(C)C. The molecule has 0 unspecified atom stereocenters. The van der Waals surface area contributed by atoms with Crippen molar-refractivity contribution < 1.29 is 38.2 Å². The van der Waals surface area contributed by atoms with Crippen molar-refractivity contribution in [3.63, 3.8) is 0 Å². The first-order valence-electron chi connectivity index (χ1n) is 9.12. The number of esters is 3. The van der Waals surface area contributed by atoms with Crippen molar-refractivity contribution in [3.8, 4) is 0 Å². The van der Waals surface area contributed by atoms with Crippen molar-refractivity contribution in [2.75, 3.05) is 0 Å². The van der Waals surface area contributed by atoms with E-state index in [1.807, 2.05) is 0 Å². The zero-order chi connectivity index (χ0) is 20.9. The molecule has 1 fully saturated rings. The van der Waals surface area contributed by atoms with Gasteiger partial charge in [-0.2, -0.15) is 0 Å². The molecule has 9 nitrogen and oxygen atoms in total. The lowest BCUT2D eigenvalue weighted by Gasteiger charge is -2.43. The predicted molar refractivity (Wildman–Crippen MR) is 93.8 cm³/mol. The molecule has 0 spiro atoms. The molecule has 0 radical (unpaired) electrons. The van der Waals surface area contributed by atoms with Crippen LogP contribution in [0, 0.1) is 17.8 Å². The molecular formula is C18H31NO8. The van der Waals surface area contributed by atoms with Crippen LogP contribution in [0.25, 0.3) is 0 Å². The summed E-state index contributed by atoms with van der Waals surface area (Å²) < 4.78 is 22.1. The Morgan fingerprint density at radius 2 is 1.11 bits per heavy atom. The highest BCUT2D eigenvalue weighted by Crippen LogP contribution is 2.30. The lowest BCUT2D eigenvalue weighted by molar-refractivity contribution is -0.304. The number of hydrogen-bond donors (Lipinski definition) is 1. The van der Waals surface area contributed by atoms with Gasteiger partial charge < -0.3 is 18.9 Å². The molecule has 9 heteroatoms. The lowest BCUT2D eigenvalue weighted by Crippen LogP contribution is -2.62. The largest absolute Gasteiger partial charge is 0.455 e. The van der Waals surface area contributed by atoms with E-state index < -0.39 is 66.4 Å². The van der Waals surface area contributed by atoms with Crippen LogP contribution in [0.4, 0.5) is 0 Å². The summed E-state index contributed by atoms with van der Waals surface area (Å²) in [4.78, 5) is 41.3. The van der Waals surface area contributed by atoms with Crippen molar-refractivity contribution in [2.24, 2.45) is 23.7 Å². The summed E-state index contributed by atoms with van der Waals surface area (Å²) in [5, 5.41) is 0. The summed E-state index contributed by atoms with van der Waals surface area (Å²) >= 11 is 0. The molecule has 0 aliphatic carbocycles. The smallest absolute Gasteiger partial charge is 0.308 e. The maximum Gasteiger partial charge on any atom is 0.308 e. The highest BCUT2D eigenvalue weighted by molar-refractivity contribution is 5.73. The first-order chi connectivity index (χ1) is 12.5. The molecule has 0 aromatic carbocycles. The fraction of sp³-hybridized carbons (Fsp3) is 0.833. The van der Waals surface area contributed by atoms with Gasteiger partial charge in [0.15, 0.2) is 18.3 Å². The third-order valence-electron chi connectivity index (χ3n) is 4.03. The maximum atomic E-state index is 12.2. The fourth-order valence-electron chi connectivity index (χ4n) is 2.32. The molecule has 1 heterocycles. The van der Waals surface area contributed by atoms with Crippen LogP contribution in [0.3, 0.4) is 0 Å². The van der Waals surface area contributed by atoms with Crippen molar-refractivity contribution in [2.45, 2.75) is 79.2 Å². The minimum absolute atomic E-state index is 0.404. The van der Waals surface area contributed by atoms with Crippen molar-refractivity contribution in [1.29, 1.82) is 0 Å². The standard InChI is InChI=1S/C18H31NO8/c1-8(2)15(20)24-12-11(7)23-18(27-19)14(26-17(22)10(5)6)13(12)25-16(21)9(3)4/h8-14,18H,19H2,1-7H3/t11-,12+,13+,14-,18-/m0/s1. The molecule has 27 heavy (non-hydrogen) atoms. The Labute approximate surface area is 159 Å². The summed E-state index contributed by atoms with van der Waals surface area (Å²) in [5.41, 5.74) is 0. The first-order valence-corrected chi connectivity index (χ1v) is 9.12. The molecular weight excluding hydrogens is 358 g/mol. The van der Waals surface area contributed by atoms with E-state index in [-0.39, 0.29) is 0 Å². The van der Waals surface area contributed by atoms with Gasteiger partial charge in [-0.1, -0.05) is 41.5 Å². The number of nitrogens with two attached hydrogens (primary N) is 1. The molecule has 1 rings (SSSR count). The highest BCUT2D eigenvalue weighted by atomic mass is 16.8. The third kappa shape index (κ3) is 6.15. The molecule has 5 atom stereocenters. The fourth-order valence-corrected chi connectivity index (χ4v) is 2.32. The van der Waals surface area contributed by atoms with Crippen molar-refractivity contribution in [3.05, 3.63) is 0 Å². The second-order valence-electron chi connectivity index (χ2n) is 7.51. The third-order valence-corrected chi connectivity index (χ3v) is 4.03. The number of rotatable bonds is 7. The Kier molecular flexibility index (Phi) is 8.64. The molecule has 0 amide bonds. The van der Waals surface area contributed by atoms with E-state index in [1.165, 1.54) is 0 Å². The normalized spacial score (nSPS) is 28.3. The Bertz CT molecular complexity index is 533. The second-order valence-corrected chi connectivity index (χ2v) is 7.51. The monoisotopic (exact) mass is 389 g/mol. The Hall–Kier alpha value is -1.71. The van der Waals surface area contributed by atoms with Crippen LogP contribution in [0.1, 0.15) is 48.5 Å². The zero-order valence-corrected chi connectivity index (χ0v) is 17.0. The van der Waals surface area contributed by atoms with Gasteiger partial charge >= 0.3 is 17.9 Å². The van der Waals surface area contributed by atoms with Gasteiger partial charge in [-0.25, -0.2) is 5.90 Å². The van der Waals surface area contributed by atoms with Gasteiger partial charge in [0, 0.05) is 0 Å². The average molecular weight is 389 g/mol. The zero-order valence-electron chi connectivity index (χ0n) is 17.0. The minimum Gasteiger partial charge on any atom is -0.455 e. The molecule has 1 aliphatic heterocycles. The molecule has 1 aliphatic rings. The van der Waals surface area contributed by atoms with E-state index >= 15 is 0 Å². The van der Waals surface area contributed by atoms with Crippen LogP contribution in [0.15, 0.2) is 0 Å². The van der Waals surface area contributed by atoms with Gasteiger partial charge in [-0.15, -0.1) is 0 Å². The van der Waals surface area contributed by atoms with Crippen LogP contribution < -0.4 is 5.90 Å². The Morgan fingerprint density at radius 1 is 0.741 bits per heavy atom. The predicted octanol–water partition coefficient (Wildman–Crippen LogP) is 1.32. The van der Waals surface area contributed by atoms with Crippen molar-refractivity contribution >= 4 is 17.9 Å². The highest BCUT2D eigenvalue weighted by Gasteiger charge is 2.52. The van der Waals surface area contributed by atoms with Crippen LogP contribution in [0.2, 0.25) is 0 Å². The van der Waals surface area contributed by atoms with E-state index in [0.717, 1.165) is 0 Å². The molecule has 156 valence electrons. The van der Waals surface area contributed by atoms with Gasteiger partial charge in [0.1, 0.15) is 0 Å². The molecule has 0 saturated carbocycles. The number of carbonyl (C=O) groups excluding carboxylic acids is 3. The molecule has 1 saturated heterocycles. The van der Waals surface area contributed by atoms with Crippen LogP contribution in [-0.4, -0.2) is 48.6 Å². The first kappa shape index (κ1) is 23.3. The summed E-state index contributed by atoms with van der Waals surface area (Å²) in [7, 11) is 0. The molecule has 0 aromatic rings. The van der Waals surface area contributed by atoms with E-state index in [4.69, 9.17) is 29.7 Å². The van der Waals surface area contributed by atoms with Crippen LogP contribution in [0.5, 0.6) is 0 Å². The van der Waals surface area contributed by atoms with Gasteiger partial charge in [0.05, 0.1) is 23.9 Å². The van der Waals surface area contributed by atoms with Crippen LogP contribution in [-0.2, 0) is 38.2 Å². The maximum absolute atomic E-state index is 12.2. The molecule has 0 aromatic heterocycles. The van der Waals surface area contributed by atoms with Crippen LogP contribution >= 0.6 is 0 Å². The van der Waals surface area contributed by atoms with Gasteiger partial charge in [0.2, 0.25) is 6.29 Å². The summed E-state index contributed by atoms with van der Waals surface area (Å²) in [6, 6.07) is 0. The minimum atomic E-state index is -1.19. The number of carbonyl (C=O) groups is 3. The number of hydrogen-bond acceptors (Lipinski definition) is 9. The quantitative estimate of drug-likeness (QED) is 0.390. The molecule has 2 N–H and O–H groups in total. The van der Waals surface area contributed by atoms with E-state index in [2.05, 4.69) is 0 Å². The summed E-state index contributed by atoms with van der Waals surface area (Å²) in [5.74, 6) is 2.41. The Morgan fingerprint density at radius 3 is 1.48 bits per heavy atom. The van der Waals surface area contributed by atoms with E-state index in [9.17, 15) is 14.4 Å².